The van der Waals surface area contributed by atoms with Crippen molar-refractivity contribution in [3.8, 4) is 0 Å². The number of allylic oxidation sites excluding steroid dienone is 1. The quantitative estimate of drug-likeness (QED) is 0.392. The van der Waals surface area contributed by atoms with Crippen LogP contribution >= 0.6 is 0 Å². The Morgan fingerprint density at radius 1 is 0.875 bits per heavy atom. The summed E-state index contributed by atoms with van der Waals surface area (Å²) < 4.78 is 7.76. The van der Waals surface area contributed by atoms with Gasteiger partial charge in [-0.3, -0.25) is 4.90 Å². The van der Waals surface area contributed by atoms with Gasteiger partial charge in [0.05, 0.1) is 6.61 Å². The molecule has 0 saturated carbocycles. The highest BCUT2D eigenvalue weighted by molar-refractivity contribution is 6.08. The van der Waals surface area contributed by atoms with Gasteiger partial charge in [-0.1, -0.05) is 60.7 Å². The van der Waals surface area contributed by atoms with Crippen LogP contribution in [0.1, 0.15) is 29.5 Å². The number of benzene rings is 3. The zero-order valence-electron chi connectivity index (χ0n) is 18.8. The van der Waals surface area contributed by atoms with E-state index in [0.29, 0.717) is 0 Å². The highest BCUT2D eigenvalue weighted by atomic mass is 16.5. The van der Waals surface area contributed by atoms with E-state index in [1.165, 1.54) is 51.3 Å². The Balaban J connectivity index is 1.24. The van der Waals surface area contributed by atoms with Crippen LogP contribution in [-0.2, 0) is 23.2 Å². The number of methoxy groups -OCH3 is 1. The third-order valence-corrected chi connectivity index (χ3v) is 7.59. The van der Waals surface area contributed by atoms with E-state index in [0.717, 1.165) is 32.8 Å². The molecule has 1 fully saturated rings. The lowest BCUT2D eigenvalue weighted by atomic mass is 9.74. The minimum atomic E-state index is 0.256. The second-order valence-electron chi connectivity index (χ2n) is 9.37. The van der Waals surface area contributed by atoms with E-state index in [2.05, 4.69) is 88.3 Å². The van der Waals surface area contributed by atoms with Crippen LogP contribution in [0.2, 0.25) is 0 Å². The van der Waals surface area contributed by atoms with Crippen molar-refractivity contribution in [3.05, 3.63) is 89.5 Å². The fourth-order valence-corrected chi connectivity index (χ4v) is 5.86. The summed E-state index contributed by atoms with van der Waals surface area (Å²) in [5.74, 6) is 0. The van der Waals surface area contributed by atoms with Gasteiger partial charge in [-0.15, -0.1) is 0 Å². The average molecular weight is 423 g/mol. The first-order valence-corrected chi connectivity index (χ1v) is 11.8. The molecule has 4 aromatic rings. The molecular weight excluding hydrogens is 392 g/mol. The zero-order chi connectivity index (χ0) is 21.5. The van der Waals surface area contributed by atoms with Gasteiger partial charge in [0.15, 0.2) is 0 Å². The number of likely N-dealkylation sites (tertiary alicyclic amines) is 1. The minimum Gasteiger partial charge on any atom is -0.383 e. The summed E-state index contributed by atoms with van der Waals surface area (Å²) in [6, 6.07) is 24.7. The van der Waals surface area contributed by atoms with Gasteiger partial charge in [0.1, 0.15) is 0 Å². The number of hydrogen-bond donors (Lipinski definition) is 0. The fraction of sp³-hybridized carbons (Fsp3) is 0.310. The van der Waals surface area contributed by atoms with Crippen LogP contribution in [0.4, 0.5) is 0 Å². The molecule has 3 aromatic carbocycles. The summed E-state index contributed by atoms with van der Waals surface area (Å²) in [4.78, 5) is 2.63. The molecule has 3 heteroatoms. The van der Waals surface area contributed by atoms with Crippen molar-refractivity contribution in [2.75, 3.05) is 26.8 Å². The first-order valence-electron chi connectivity index (χ1n) is 11.8. The molecule has 0 N–H and O–H groups in total. The lowest BCUT2D eigenvalue weighted by Gasteiger charge is -2.39. The monoisotopic (exact) mass is 422 g/mol. The van der Waals surface area contributed by atoms with Crippen LogP contribution in [0, 0.1) is 0 Å². The third-order valence-electron chi connectivity index (χ3n) is 7.59. The molecule has 2 aliphatic rings. The van der Waals surface area contributed by atoms with Crippen LogP contribution in [0.5, 0.6) is 0 Å². The molecule has 0 radical (unpaired) electrons. The summed E-state index contributed by atoms with van der Waals surface area (Å²) in [5.41, 5.74) is 7.21. The van der Waals surface area contributed by atoms with Crippen molar-refractivity contribution in [1.82, 2.24) is 9.47 Å². The molecule has 0 amide bonds. The molecule has 3 nitrogen and oxygen atoms in total. The lowest BCUT2D eigenvalue weighted by Crippen LogP contribution is -2.40. The van der Waals surface area contributed by atoms with Crippen molar-refractivity contribution in [2.24, 2.45) is 0 Å². The highest BCUT2D eigenvalue weighted by Crippen LogP contribution is 2.43. The van der Waals surface area contributed by atoms with E-state index in [-0.39, 0.29) is 5.41 Å². The molecule has 6 rings (SSSR count). The van der Waals surface area contributed by atoms with Crippen LogP contribution in [0.25, 0.3) is 27.9 Å². The molecule has 0 atom stereocenters. The zero-order valence-corrected chi connectivity index (χ0v) is 18.8. The Morgan fingerprint density at radius 2 is 1.66 bits per heavy atom. The van der Waals surface area contributed by atoms with Gasteiger partial charge in [-0.2, -0.15) is 0 Å². The molecule has 2 heterocycles. The third kappa shape index (κ3) is 3.19. The summed E-state index contributed by atoms with van der Waals surface area (Å²) in [6.45, 7) is 4.92. The average Bonchev–Trinajstić information content (AvgIpc) is 3.35. The van der Waals surface area contributed by atoms with Crippen molar-refractivity contribution < 1.29 is 4.74 Å². The number of para-hydroxylation sites is 1. The van der Waals surface area contributed by atoms with Crippen molar-refractivity contribution in [1.29, 1.82) is 0 Å². The Labute approximate surface area is 189 Å². The summed E-state index contributed by atoms with van der Waals surface area (Å²) in [7, 11) is 1.77. The van der Waals surface area contributed by atoms with E-state index in [4.69, 9.17) is 4.74 Å². The topological polar surface area (TPSA) is 17.4 Å². The Hall–Kier alpha value is -2.88. The van der Waals surface area contributed by atoms with E-state index in [1.807, 2.05) is 0 Å². The number of piperidine rings is 1. The molecule has 1 aromatic heterocycles. The molecule has 1 saturated heterocycles. The summed E-state index contributed by atoms with van der Waals surface area (Å²) in [5, 5.41) is 2.70. The normalized spacial score (nSPS) is 17.5. The number of nitrogens with zero attached hydrogens (tertiary/aromatic N) is 2. The number of rotatable bonds is 5. The Morgan fingerprint density at radius 3 is 2.53 bits per heavy atom. The van der Waals surface area contributed by atoms with Crippen LogP contribution in [0.15, 0.2) is 72.8 Å². The minimum absolute atomic E-state index is 0.256. The smallest absolute Gasteiger partial charge is 0.0642 e. The molecule has 1 spiro atoms. The molecule has 162 valence electrons. The van der Waals surface area contributed by atoms with E-state index in [9.17, 15) is 0 Å². The Bertz CT molecular complexity index is 1310. The maximum absolute atomic E-state index is 5.37. The van der Waals surface area contributed by atoms with Gasteiger partial charge in [-0.25, -0.2) is 0 Å². The van der Waals surface area contributed by atoms with Crippen LogP contribution < -0.4 is 0 Å². The lowest BCUT2D eigenvalue weighted by molar-refractivity contribution is 0.177. The van der Waals surface area contributed by atoms with E-state index < -0.39 is 0 Å². The second kappa shape index (κ2) is 7.91. The molecule has 1 aliphatic heterocycles. The van der Waals surface area contributed by atoms with E-state index in [1.54, 1.807) is 7.11 Å². The Kier molecular flexibility index (Phi) is 4.89. The molecular formula is C29H30N2O. The SMILES string of the molecule is COCCn1c2ccccc2c2cc(CN3CCC4(C=Cc5ccccc54)CC3)ccc21. The molecule has 32 heavy (non-hydrogen) atoms. The van der Waals surface area contributed by atoms with Gasteiger partial charge < -0.3 is 9.30 Å². The number of hydrogen-bond acceptors (Lipinski definition) is 2. The van der Waals surface area contributed by atoms with Gasteiger partial charge in [-0.05, 0) is 60.8 Å². The van der Waals surface area contributed by atoms with Crippen molar-refractivity contribution in [2.45, 2.75) is 31.3 Å². The summed E-state index contributed by atoms with van der Waals surface area (Å²) in [6.07, 6.45) is 7.21. The maximum atomic E-state index is 5.37. The van der Waals surface area contributed by atoms with Gasteiger partial charge in [0.25, 0.3) is 0 Å². The van der Waals surface area contributed by atoms with Crippen molar-refractivity contribution in [3.63, 3.8) is 0 Å². The van der Waals surface area contributed by atoms with Gasteiger partial charge >= 0.3 is 0 Å². The first kappa shape index (κ1) is 19.8. The second-order valence-corrected chi connectivity index (χ2v) is 9.37. The fourth-order valence-electron chi connectivity index (χ4n) is 5.86. The first-order chi connectivity index (χ1) is 15.8. The highest BCUT2D eigenvalue weighted by Gasteiger charge is 2.37. The summed E-state index contributed by atoms with van der Waals surface area (Å²) >= 11 is 0. The predicted octanol–water partition coefficient (Wildman–Crippen LogP) is 6.00. The molecule has 1 aliphatic carbocycles. The predicted molar refractivity (Wildman–Crippen MR) is 133 cm³/mol. The molecule has 0 unspecified atom stereocenters. The molecule has 0 bridgehead atoms. The van der Waals surface area contributed by atoms with Gasteiger partial charge in [0.2, 0.25) is 0 Å². The van der Waals surface area contributed by atoms with E-state index >= 15 is 0 Å². The largest absolute Gasteiger partial charge is 0.383 e. The van der Waals surface area contributed by atoms with Crippen molar-refractivity contribution >= 4 is 27.9 Å². The van der Waals surface area contributed by atoms with Crippen LogP contribution in [0.3, 0.4) is 0 Å². The number of aromatic nitrogens is 1. The maximum Gasteiger partial charge on any atom is 0.0642 e. The standard InChI is InChI=1S/C29H30N2O/c1-32-19-18-31-27-9-5-3-7-24(27)25-20-22(10-11-28(25)31)21-30-16-14-29(15-17-30)13-12-23-6-2-4-8-26(23)29/h2-13,20H,14-19,21H2,1H3. The van der Waals surface area contributed by atoms with Gasteiger partial charge in [0, 0.05) is 47.4 Å². The number of fused-ring (bicyclic) bond motifs is 5. The van der Waals surface area contributed by atoms with Crippen LogP contribution in [-0.4, -0.2) is 36.3 Å². The number of ether oxygens (including phenoxy) is 1.